The maximum absolute atomic E-state index is 13.4. The summed E-state index contributed by atoms with van der Waals surface area (Å²) in [5.74, 6) is 0.0622. The molecule has 0 saturated carbocycles. The summed E-state index contributed by atoms with van der Waals surface area (Å²) in [4.78, 5) is 32.3. The van der Waals surface area contributed by atoms with Crippen LogP contribution in [0.3, 0.4) is 0 Å². The summed E-state index contributed by atoms with van der Waals surface area (Å²) in [6.07, 6.45) is -1.74. The number of amidine groups is 1. The number of hydrogen-bond donors (Lipinski definition) is 0. The lowest BCUT2D eigenvalue weighted by Crippen LogP contribution is -2.30. The molecule has 1 aliphatic heterocycles. The molecule has 3 aromatic carbocycles. The van der Waals surface area contributed by atoms with Crippen LogP contribution in [0, 0.1) is 0 Å². The first kappa shape index (κ1) is 29.2. The zero-order valence-corrected chi connectivity index (χ0v) is 24.6. The van der Waals surface area contributed by atoms with Crippen molar-refractivity contribution in [2.45, 2.75) is 26.1 Å². The Bertz CT molecular complexity index is 2030. The van der Waals surface area contributed by atoms with Gasteiger partial charge in [-0.15, -0.1) is 18.3 Å². The normalized spacial score (nSPS) is 15.1. The molecule has 44 heavy (non-hydrogen) atoms. The molecule has 0 unspecified atom stereocenters. The molecule has 1 fully saturated rings. The van der Waals surface area contributed by atoms with Gasteiger partial charge in [-0.25, -0.2) is 14.2 Å². The van der Waals surface area contributed by atoms with Crippen molar-refractivity contribution in [1.82, 2.24) is 14.0 Å². The van der Waals surface area contributed by atoms with Crippen LogP contribution in [0.1, 0.15) is 30.9 Å². The molecule has 1 aliphatic rings. The van der Waals surface area contributed by atoms with Gasteiger partial charge in [0.1, 0.15) is 5.75 Å². The number of benzene rings is 3. The van der Waals surface area contributed by atoms with E-state index in [0.717, 1.165) is 11.3 Å². The van der Waals surface area contributed by atoms with Crippen LogP contribution >= 0.6 is 11.8 Å². The molecule has 9 nitrogen and oxygen atoms in total. The van der Waals surface area contributed by atoms with Crippen molar-refractivity contribution in [3.05, 3.63) is 94.5 Å². The molecule has 0 aliphatic carbocycles. The van der Waals surface area contributed by atoms with Gasteiger partial charge in [0, 0.05) is 18.0 Å². The number of imidazole rings is 1. The summed E-state index contributed by atoms with van der Waals surface area (Å²) in [5.41, 5.74) is 4.05. The van der Waals surface area contributed by atoms with E-state index in [1.54, 1.807) is 24.2 Å². The largest absolute Gasteiger partial charge is 0.573 e. The van der Waals surface area contributed by atoms with E-state index in [4.69, 9.17) is 0 Å². The third-order valence-corrected chi connectivity index (χ3v) is 8.08. The number of carbonyl (C=O) groups excluding carboxylic acids is 1. The number of aromatic nitrogens is 3. The minimum atomic E-state index is -4.80. The Hall–Kier alpha value is -4.91. The van der Waals surface area contributed by atoms with E-state index in [0.29, 0.717) is 38.5 Å². The second kappa shape index (κ2) is 11.3. The zero-order chi connectivity index (χ0) is 31.2. The standard InChI is InChI=1S/C31H25F3N6O3S/c1-18(2)22-6-4-5-7-24(22)39-27(41)17-44-29(39)37-36-15-19-8-13-23-25(14-19)38(3)30(42)40-26(16-35-28(23)40)20-9-11-21(12-10-20)43-31(32,33)34/h4-16,18H,17H2,1-3H3. The molecule has 0 N–H and O–H groups in total. The van der Waals surface area contributed by atoms with Crippen LogP contribution in [0.15, 0.2) is 87.9 Å². The fourth-order valence-electron chi connectivity index (χ4n) is 5.11. The number of aryl methyl sites for hydroxylation is 1. The van der Waals surface area contributed by atoms with Crippen molar-refractivity contribution in [2.24, 2.45) is 17.3 Å². The average molecular weight is 619 g/mol. The summed E-state index contributed by atoms with van der Waals surface area (Å²) >= 11 is 1.32. The lowest BCUT2D eigenvalue weighted by atomic mass is 10.0. The van der Waals surface area contributed by atoms with E-state index >= 15 is 0 Å². The molecule has 5 aromatic rings. The second-order valence-electron chi connectivity index (χ2n) is 10.4. The van der Waals surface area contributed by atoms with Gasteiger partial charge in [-0.1, -0.05) is 49.9 Å². The van der Waals surface area contributed by atoms with Crippen molar-refractivity contribution in [3.8, 4) is 17.0 Å². The van der Waals surface area contributed by atoms with Crippen LogP contribution in [-0.2, 0) is 11.8 Å². The number of hydrogen-bond acceptors (Lipinski definition) is 7. The van der Waals surface area contributed by atoms with Gasteiger partial charge in [-0.3, -0.25) is 14.3 Å². The first-order chi connectivity index (χ1) is 21.0. The van der Waals surface area contributed by atoms with E-state index in [9.17, 15) is 22.8 Å². The number of alkyl halides is 3. The maximum Gasteiger partial charge on any atom is 0.573 e. The Morgan fingerprint density at radius 3 is 2.52 bits per heavy atom. The summed E-state index contributed by atoms with van der Waals surface area (Å²) in [5, 5.41) is 9.79. The molecular formula is C31H25F3N6O3S. The first-order valence-corrected chi connectivity index (χ1v) is 14.5. The molecule has 1 amide bonds. The van der Waals surface area contributed by atoms with Gasteiger partial charge in [0.05, 0.1) is 35.1 Å². The number of anilines is 1. The van der Waals surface area contributed by atoms with E-state index < -0.39 is 6.36 Å². The van der Waals surface area contributed by atoms with Gasteiger partial charge in [-0.05, 0) is 59.5 Å². The van der Waals surface area contributed by atoms with E-state index in [2.05, 4.69) is 33.8 Å². The van der Waals surface area contributed by atoms with Crippen molar-refractivity contribution >= 4 is 51.3 Å². The monoisotopic (exact) mass is 618 g/mol. The SMILES string of the molecule is CC(C)c1ccccc1N1C(=O)CSC1=NN=Cc1ccc2c(c1)n(C)c(=O)n1c(-c3ccc(OC(F)(F)F)cc3)cnc21. The summed E-state index contributed by atoms with van der Waals surface area (Å²) < 4.78 is 44.5. The van der Waals surface area contributed by atoms with Crippen LogP contribution in [0.2, 0.25) is 0 Å². The van der Waals surface area contributed by atoms with Crippen LogP contribution in [-0.4, -0.2) is 43.4 Å². The molecule has 0 radical (unpaired) electrons. The number of halogens is 3. The van der Waals surface area contributed by atoms with Crippen LogP contribution in [0.4, 0.5) is 18.9 Å². The van der Waals surface area contributed by atoms with Gasteiger partial charge in [0.15, 0.2) is 10.8 Å². The quantitative estimate of drug-likeness (QED) is 0.164. The Kier molecular flexibility index (Phi) is 7.49. The molecule has 2 aromatic heterocycles. The number of fused-ring (bicyclic) bond motifs is 3. The number of amides is 1. The number of carbonyl (C=O) groups is 1. The average Bonchev–Trinajstić information content (AvgIpc) is 3.59. The highest BCUT2D eigenvalue weighted by Gasteiger charge is 2.32. The molecule has 6 rings (SSSR count). The van der Waals surface area contributed by atoms with Crippen molar-refractivity contribution in [2.75, 3.05) is 10.7 Å². The van der Waals surface area contributed by atoms with Gasteiger partial charge >= 0.3 is 12.1 Å². The third-order valence-electron chi connectivity index (χ3n) is 7.16. The Labute approximate surface area is 253 Å². The van der Waals surface area contributed by atoms with E-state index in [-0.39, 0.29) is 29.0 Å². The Balaban J connectivity index is 1.32. The summed E-state index contributed by atoms with van der Waals surface area (Å²) in [6.45, 7) is 4.14. The minimum Gasteiger partial charge on any atom is -0.406 e. The zero-order valence-electron chi connectivity index (χ0n) is 23.7. The number of ether oxygens (including phenoxy) is 1. The first-order valence-electron chi connectivity index (χ1n) is 13.5. The lowest BCUT2D eigenvalue weighted by Gasteiger charge is -2.20. The Morgan fingerprint density at radius 1 is 1.05 bits per heavy atom. The number of rotatable bonds is 6. The Morgan fingerprint density at radius 2 is 1.80 bits per heavy atom. The van der Waals surface area contributed by atoms with Gasteiger partial charge < -0.3 is 4.74 Å². The highest BCUT2D eigenvalue weighted by atomic mass is 32.2. The summed E-state index contributed by atoms with van der Waals surface area (Å²) in [7, 11) is 1.63. The predicted molar refractivity (Wildman–Crippen MR) is 166 cm³/mol. The molecule has 3 heterocycles. The minimum absolute atomic E-state index is 0.0635. The fraction of sp³-hybridized carbons (Fsp3) is 0.194. The predicted octanol–water partition coefficient (Wildman–Crippen LogP) is 6.35. The summed E-state index contributed by atoms with van der Waals surface area (Å²) in [6, 6.07) is 18.4. The van der Waals surface area contributed by atoms with E-state index in [1.807, 2.05) is 36.4 Å². The fourth-order valence-corrected chi connectivity index (χ4v) is 5.93. The van der Waals surface area contributed by atoms with Crippen molar-refractivity contribution < 1.29 is 22.7 Å². The molecule has 13 heteroatoms. The number of nitrogens with zero attached hydrogens (tertiary/aromatic N) is 6. The van der Waals surface area contributed by atoms with Crippen LogP contribution < -0.4 is 15.3 Å². The van der Waals surface area contributed by atoms with Gasteiger partial charge in [0.25, 0.3) is 0 Å². The highest BCUT2D eigenvalue weighted by Crippen LogP contribution is 2.33. The van der Waals surface area contributed by atoms with E-state index in [1.165, 1.54) is 51.2 Å². The molecule has 224 valence electrons. The molecule has 1 saturated heterocycles. The number of para-hydroxylation sites is 1. The highest BCUT2D eigenvalue weighted by molar-refractivity contribution is 8.15. The molecular weight excluding hydrogens is 593 g/mol. The molecule has 0 spiro atoms. The van der Waals surface area contributed by atoms with Crippen LogP contribution in [0.25, 0.3) is 27.8 Å². The van der Waals surface area contributed by atoms with Gasteiger partial charge in [-0.2, -0.15) is 5.10 Å². The topological polar surface area (TPSA) is 93.6 Å². The number of thioether (sulfide) groups is 1. The molecule has 0 bridgehead atoms. The van der Waals surface area contributed by atoms with Crippen molar-refractivity contribution in [1.29, 1.82) is 0 Å². The maximum atomic E-state index is 13.4. The van der Waals surface area contributed by atoms with Crippen LogP contribution in [0.5, 0.6) is 5.75 Å². The molecule has 0 atom stereocenters. The van der Waals surface area contributed by atoms with Crippen molar-refractivity contribution in [3.63, 3.8) is 0 Å². The third kappa shape index (κ3) is 5.46. The van der Waals surface area contributed by atoms with Gasteiger partial charge in [0.2, 0.25) is 5.91 Å². The smallest absolute Gasteiger partial charge is 0.406 e. The lowest BCUT2D eigenvalue weighted by molar-refractivity contribution is -0.274. The second-order valence-corrected chi connectivity index (χ2v) is 11.3.